The van der Waals surface area contributed by atoms with Crippen LogP contribution in [0, 0.1) is 0 Å². The van der Waals surface area contributed by atoms with Crippen molar-refractivity contribution < 1.29 is 19.2 Å². The van der Waals surface area contributed by atoms with Gasteiger partial charge in [-0.15, -0.1) is 0 Å². The number of nitrogens with two attached hydrogens (primary N) is 1. The first-order chi connectivity index (χ1) is 19.3. The fraction of sp³-hybridized carbons (Fsp3) is 0.333. The van der Waals surface area contributed by atoms with Gasteiger partial charge in [-0.1, -0.05) is 24.3 Å². The Balaban J connectivity index is 1.58. The minimum Gasteiger partial charge on any atom is -0.504 e. The van der Waals surface area contributed by atoms with E-state index in [2.05, 4.69) is 71.5 Å². The summed E-state index contributed by atoms with van der Waals surface area (Å²) in [5, 5.41) is 16.4. The quantitative estimate of drug-likeness (QED) is 0.160. The van der Waals surface area contributed by atoms with E-state index < -0.39 is 0 Å². The van der Waals surface area contributed by atoms with E-state index in [1.807, 2.05) is 30.3 Å². The number of carbonyl (C=O) groups excluding carboxylic acids is 1. The number of allylic oxidation sites excluding steroid dienone is 1. The lowest BCUT2D eigenvalue weighted by atomic mass is 9.81. The van der Waals surface area contributed by atoms with Crippen LogP contribution in [0.5, 0.6) is 11.5 Å². The number of para-hydroxylation sites is 1. The Morgan fingerprint density at radius 1 is 1.00 bits per heavy atom. The van der Waals surface area contributed by atoms with Crippen LogP contribution in [0.4, 0.5) is 17.1 Å². The first kappa shape index (κ1) is 28.9. The summed E-state index contributed by atoms with van der Waals surface area (Å²) in [6, 6.07) is 22.1. The number of benzene rings is 3. The summed E-state index contributed by atoms with van der Waals surface area (Å²) in [7, 11) is 1.55. The van der Waals surface area contributed by atoms with Gasteiger partial charge in [0.25, 0.3) is 0 Å². The van der Waals surface area contributed by atoms with Gasteiger partial charge in [-0.2, -0.15) is 4.58 Å². The lowest BCUT2D eigenvalue weighted by molar-refractivity contribution is -0.438. The number of anilines is 2. The molecule has 0 radical (unpaired) electrons. The minimum absolute atomic E-state index is 0.0658. The molecule has 40 heavy (non-hydrogen) atoms. The molecule has 0 aliphatic carbocycles. The van der Waals surface area contributed by atoms with Crippen molar-refractivity contribution in [2.24, 2.45) is 5.73 Å². The summed E-state index contributed by atoms with van der Waals surface area (Å²) in [5.74, 6) is 0.638. The van der Waals surface area contributed by atoms with Gasteiger partial charge in [0.15, 0.2) is 17.2 Å². The number of carbonyl (C=O) groups is 1. The molecule has 1 amide bonds. The molecule has 3 aromatic rings. The molecule has 0 unspecified atom stereocenters. The zero-order valence-electron chi connectivity index (χ0n) is 23.7. The number of unbranched alkanes of at least 4 members (excludes halogenated alkanes) is 2. The molecule has 0 saturated heterocycles. The lowest BCUT2D eigenvalue weighted by Gasteiger charge is -2.17. The van der Waals surface area contributed by atoms with Crippen LogP contribution in [0.2, 0.25) is 0 Å². The highest BCUT2D eigenvalue weighted by atomic mass is 16.5. The van der Waals surface area contributed by atoms with Crippen molar-refractivity contribution in [2.75, 3.05) is 32.1 Å². The number of hydrogen-bond acceptors (Lipinski definition) is 5. The first-order valence-electron chi connectivity index (χ1n) is 14.0. The summed E-state index contributed by atoms with van der Waals surface area (Å²) in [6.07, 6.45) is 7.55. The molecule has 3 aromatic carbocycles. The monoisotopic (exact) mass is 541 g/mol. The number of nitrogens with zero attached hydrogens (tertiary/aromatic N) is 1. The summed E-state index contributed by atoms with van der Waals surface area (Å²) < 4.78 is 7.71. The molecule has 0 saturated carbocycles. The summed E-state index contributed by atoms with van der Waals surface area (Å²) >= 11 is 0. The molecule has 7 nitrogen and oxygen atoms in total. The molecule has 1 heterocycles. The van der Waals surface area contributed by atoms with Gasteiger partial charge >= 0.3 is 0 Å². The van der Waals surface area contributed by atoms with Crippen LogP contribution in [0.25, 0.3) is 6.08 Å². The fourth-order valence-electron chi connectivity index (χ4n) is 5.19. The van der Waals surface area contributed by atoms with Gasteiger partial charge in [-0.05, 0) is 74.7 Å². The van der Waals surface area contributed by atoms with Gasteiger partial charge in [-0.25, -0.2) is 0 Å². The summed E-state index contributed by atoms with van der Waals surface area (Å²) in [6.45, 7) is 6.36. The largest absolute Gasteiger partial charge is 0.504 e. The molecule has 210 valence electrons. The van der Waals surface area contributed by atoms with E-state index in [1.165, 1.54) is 17.0 Å². The van der Waals surface area contributed by atoms with Gasteiger partial charge in [-0.3, -0.25) is 4.79 Å². The molecule has 0 atom stereocenters. The van der Waals surface area contributed by atoms with Crippen molar-refractivity contribution in [3.8, 4) is 11.5 Å². The molecule has 7 heteroatoms. The number of fused-ring (bicyclic) bond motifs is 1. The van der Waals surface area contributed by atoms with Crippen LogP contribution in [-0.4, -0.2) is 48.0 Å². The van der Waals surface area contributed by atoms with E-state index in [0.717, 1.165) is 42.7 Å². The summed E-state index contributed by atoms with van der Waals surface area (Å²) in [5.41, 5.74) is 12.0. The maximum atomic E-state index is 12.0. The van der Waals surface area contributed by atoms with Crippen LogP contribution in [0.3, 0.4) is 0 Å². The molecule has 0 fully saturated rings. The van der Waals surface area contributed by atoms with Gasteiger partial charge in [0, 0.05) is 55.0 Å². The average molecular weight is 542 g/mol. The zero-order valence-corrected chi connectivity index (χ0v) is 23.7. The van der Waals surface area contributed by atoms with Crippen molar-refractivity contribution in [2.45, 2.75) is 44.9 Å². The second-order valence-electron chi connectivity index (χ2n) is 10.6. The van der Waals surface area contributed by atoms with Crippen LogP contribution >= 0.6 is 0 Å². The average Bonchev–Trinajstić information content (AvgIpc) is 3.16. The smallest absolute Gasteiger partial charge is 0.220 e. The molecular formula is C33H41N4O3+. The molecule has 0 spiro atoms. The third-order valence-electron chi connectivity index (χ3n) is 7.34. The second-order valence-corrected chi connectivity index (χ2v) is 10.6. The molecule has 0 aromatic heterocycles. The Kier molecular flexibility index (Phi) is 9.61. The highest BCUT2D eigenvalue weighted by Gasteiger charge is 2.44. The van der Waals surface area contributed by atoms with Crippen molar-refractivity contribution in [1.82, 2.24) is 5.32 Å². The molecule has 4 rings (SSSR count). The second kappa shape index (κ2) is 13.3. The van der Waals surface area contributed by atoms with Crippen molar-refractivity contribution in [3.63, 3.8) is 0 Å². The highest BCUT2D eigenvalue weighted by molar-refractivity contribution is 6.05. The Hall–Kier alpha value is -4.10. The maximum Gasteiger partial charge on any atom is 0.220 e. The molecule has 5 N–H and O–H groups in total. The topological polar surface area (TPSA) is 99.6 Å². The van der Waals surface area contributed by atoms with Crippen molar-refractivity contribution >= 4 is 34.8 Å². The normalized spacial score (nSPS) is 13.9. The third kappa shape index (κ3) is 6.90. The predicted octanol–water partition coefficient (Wildman–Crippen LogP) is 5.87. The van der Waals surface area contributed by atoms with E-state index in [-0.39, 0.29) is 17.1 Å². The highest BCUT2D eigenvalue weighted by Crippen LogP contribution is 2.42. The van der Waals surface area contributed by atoms with E-state index in [4.69, 9.17) is 10.5 Å². The van der Waals surface area contributed by atoms with Crippen LogP contribution < -0.4 is 21.1 Å². The number of phenolic OH excluding ortho intramolecular Hbond substituents is 1. The van der Waals surface area contributed by atoms with Gasteiger partial charge in [0.2, 0.25) is 11.6 Å². The number of ether oxygens (including phenoxy) is 1. The van der Waals surface area contributed by atoms with Crippen molar-refractivity contribution in [1.29, 1.82) is 0 Å². The Morgan fingerprint density at radius 3 is 2.55 bits per heavy atom. The number of methoxy groups -OCH3 is 1. The Bertz CT molecular complexity index is 1380. The Labute approximate surface area is 237 Å². The number of amides is 1. The van der Waals surface area contributed by atoms with E-state index in [9.17, 15) is 9.90 Å². The van der Waals surface area contributed by atoms with Gasteiger partial charge in [0.1, 0.15) is 6.54 Å². The van der Waals surface area contributed by atoms with Crippen LogP contribution in [0.15, 0.2) is 72.8 Å². The van der Waals surface area contributed by atoms with Gasteiger partial charge < -0.3 is 26.2 Å². The summed E-state index contributed by atoms with van der Waals surface area (Å²) in [4.78, 5) is 12.0. The first-order valence-corrected chi connectivity index (χ1v) is 14.0. The number of nitrogens with one attached hydrogen (secondary N) is 2. The van der Waals surface area contributed by atoms with Crippen LogP contribution in [-0.2, 0) is 10.2 Å². The third-order valence-corrected chi connectivity index (χ3v) is 7.34. The zero-order chi connectivity index (χ0) is 28.5. The van der Waals surface area contributed by atoms with Crippen molar-refractivity contribution in [3.05, 3.63) is 83.9 Å². The number of aromatic hydroxyl groups is 1. The minimum atomic E-state index is -0.233. The Morgan fingerprint density at radius 2 is 1.80 bits per heavy atom. The lowest BCUT2D eigenvalue weighted by Crippen LogP contribution is -2.28. The molecule has 0 bridgehead atoms. The predicted molar refractivity (Wildman–Crippen MR) is 163 cm³/mol. The van der Waals surface area contributed by atoms with E-state index in [0.29, 0.717) is 25.3 Å². The molecule has 1 aliphatic heterocycles. The van der Waals surface area contributed by atoms with Gasteiger partial charge in [0.05, 0.1) is 12.5 Å². The number of phenols is 1. The van der Waals surface area contributed by atoms with E-state index >= 15 is 0 Å². The number of hydrogen-bond donors (Lipinski definition) is 4. The fourth-order valence-corrected chi connectivity index (χ4v) is 5.19. The van der Waals surface area contributed by atoms with E-state index in [1.54, 1.807) is 13.2 Å². The standard InChI is InChI=1S/C33H40N4O3/c1-33(2)27-23-26(36-25-10-6-4-7-11-25)15-16-28(27)37(21-9-5-8-12-32(39)35-20-19-34)31(33)18-14-24-13-17-29(38)30(22-24)40-3/h4,6-7,10-11,13-18,22-23,36H,5,8-9,12,19-21,34H2,1-3H3,(H,35,39)/p+1. The molecule has 1 aliphatic rings. The maximum absolute atomic E-state index is 12.0. The molecular weight excluding hydrogens is 500 g/mol. The van der Waals surface area contributed by atoms with Crippen LogP contribution in [0.1, 0.15) is 50.7 Å². The number of rotatable bonds is 13. The SMILES string of the molecule is COc1cc(/C=C/C2=[N+](CCCCCC(=O)NCCN)c3ccc(Nc4ccccc4)cc3C2(C)C)ccc1O.